The molecule has 0 aliphatic heterocycles. The van der Waals surface area contributed by atoms with Crippen molar-refractivity contribution < 1.29 is 19.4 Å². The van der Waals surface area contributed by atoms with Gasteiger partial charge in [0.1, 0.15) is 0 Å². The van der Waals surface area contributed by atoms with Gasteiger partial charge in [0.15, 0.2) is 6.10 Å². The maximum Gasteiger partial charge on any atom is 0.336 e. The third-order valence-corrected chi connectivity index (χ3v) is 3.07. The first kappa shape index (κ1) is 14.1. The minimum Gasteiger partial charge on any atom is -0.467 e. The van der Waals surface area contributed by atoms with Crippen LogP contribution in [0.1, 0.15) is 10.4 Å². The van der Waals surface area contributed by atoms with Crippen molar-refractivity contribution in [1.29, 1.82) is 0 Å². The zero-order valence-corrected chi connectivity index (χ0v) is 11.3. The van der Waals surface area contributed by atoms with E-state index < -0.39 is 12.1 Å². The molecule has 1 aromatic carbocycles. The minimum absolute atomic E-state index is 0.186. The van der Waals surface area contributed by atoms with Crippen LogP contribution in [0.5, 0.6) is 0 Å². The van der Waals surface area contributed by atoms with Crippen LogP contribution in [-0.4, -0.2) is 41.3 Å². The maximum atomic E-state index is 12.1. The minimum atomic E-state index is -1.36. The molecule has 0 radical (unpaired) electrons. The molecule has 2 rings (SSSR count). The van der Waals surface area contributed by atoms with Gasteiger partial charge < -0.3 is 19.7 Å². The van der Waals surface area contributed by atoms with Gasteiger partial charge in [-0.2, -0.15) is 0 Å². The number of amides is 1. The van der Waals surface area contributed by atoms with E-state index in [1.54, 1.807) is 6.20 Å². The summed E-state index contributed by atoms with van der Waals surface area (Å²) in [6.45, 7) is -0.186. The van der Waals surface area contributed by atoms with Crippen LogP contribution in [0.15, 0.2) is 30.5 Å². The Hall–Kier alpha value is -2.34. The lowest BCUT2D eigenvalue weighted by atomic mass is 10.1. The average Bonchev–Trinajstić information content (AvgIpc) is 2.81. The van der Waals surface area contributed by atoms with Gasteiger partial charge in [0.2, 0.25) is 0 Å². The number of benzene rings is 1. The number of nitrogens with zero attached hydrogens (tertiary/aromatic N) is 1. The normalized spacial score (nSPS) is 12.2. The van der Waals surface area contributed by atoms with Gasteiger partial charge in [-0.15, -0.1) is 0 Å². The van der Waals surface area contributed by atoms with Crippen LogP contribution in [0.3, 0.4) is 0 Å². The highest BCUT2D eigenvalue weighted by molar-refractivity contribution is 6.07. The molecule has 6 heteroatoms. The van der Waals surface area contributed by atoms with Crippen LogP contribution in [0, 0.1) is 0 Å². The van der Waals surface area contributed by atoms with Crippen molar-refractivity contribution in [2.45, 2.75) is 6.10 Å². The molecule has 0 aliphatic rings. The van der Waals surface area contributed by atoms with Crippen molar-refractivity contribution in [2.75, 3.05) is 13.7 Å². The van der Waals surface area contributed by atoms with Gasteiger partial charge in [0, 0.05) is 24.1 Å². The number of nitrogens with one attached hydrogen (secondary N) is 1. The Kier molecular flexibility index (Phi) is 4.05. The molecule has 1 amide bonds. The highest BCUT2D eigenvalue weighted by Crippen LogP contribution is 2.19. The maximum absolute atomic E-state index is 12.1. The molecule has 0 fully saturated rings. The molecule has 20 heavy (non-hydrogen) atoms. The van der Waals surface area contributed by atoms with E-state index in [0.29, 0.717) is 5.56 Å². The highest BCUT2D eigenvalue weighted by Gasteiger charge is 2.18. The predicted octanol–water partition coefficient (Wildman–Crippen LogP) is 0.442. The van der Waals surface area contributed by atoms with Crippen molar-refractivity contribution in [1.82, 2.24) is 9.88 Å². The van der Waals surface area contributed by atoms with E-state index in [1.165, 1.54) is 7.11 Å². The smallest absolute Gasteiger partial charge is 0.336 e. The molecule has 6 nitrogen and oxygen atoms in total. The third kappa shape index (κ3) is 2.65. The molecule has 0 aliphatic carbocycles. The zero-order valence-electron chi connectivity index (χ0n) is 11.3. The Morgan fingerprint density at radius 1 is 1.40 bits per heavy atom. The highest BCUT2D eigenvalue weighted by atomic mass is 16.5. The zero-order chi connectivity index (χ0) is 14.7. The van der Waals surface area contributed by atoms with E-state index >= 15 is 0 Å². The monoisotopic (exact) mass is 276 g/mol. The van der Waals surface area contributed by atoms with Gasteiger partial charge in [-0.3, -0.25) is 4.79 Å². The molecule has 1 heterocycles. The number of carbonyl (C=O) groups excluding carboxylic acids is 2. The first-order valence-electron chi connectivity index (χ1n) is 6.12. The molecule has 1 atom stereocenters. The molecular weight excluding hydrogens is 260 g/mol. The van der Waals surface area contributed by atoms with Gasteiger partial charge in [-0.05, 0) is 6.07 Å². The summed E-state index contributed by atoms with van der Waals surface area (Å²) in [5.74, 6) is -1.12. The SMILES string of the molecule is COC(=O)C(O)CNC(=O)c1cn(C)c2ccccc12. The summed E-state index contributed by atoms with van der Waals surface area (Å²) in [6.07, 6.45) is 0.351. The standard InChI is InChI=1S/C14H16N2O4/c1-16-8-10(9-5-3-4-6-11(9)16)13(18)15-7-12(17)14(19)20-2/h3-6,8,12,17H,7H2,1-2H3,(H,15,18). The molecule has 1 unspecified atom stereocenters. The molecule has 2 N–H and O–H groups in total. The Balaban J connectivity index is 2.14. The van der Waals surface area contributed by atoms with Gasteiger partial charge in [-0.1, -0.05) is 18.2 Å². The lowest BCUT2D eigenvalue weighted by Gasteiger charge is -2.09. The largest absolute Gasteiger partial charge is 0.467 e. The Morgan fingerprint density at radius 3 is 2.80 bits per heavy atom. The summed E-state index contributed by atoms with van der Waals surface area (Å²) in [4.78, 5) is 23.1. The van der Waals surface area contributed by atoms with Crippen LogP contribution in [-0.2, 0) is 16.6 Å². The number of carbonyl (C=O) groups is 2. The summed E-state index contributed by atoms with van der Waals surface area (Å²) in [5.41, 5.74) is 1.44. The number of ether oxygens (including phenoxy) is 1. The summed E-state index contributed by atoms with van der Waals surface area (Å²) in [7, 11) is 3.03. The van der Waals surface area contributed by atoms with E-state index in [1.807, 2.05) is 35.9 Å². The molecular formula is C14H16N2O4. The Morgan fingerprint density at radius 2 is 2.10 bits per heavy atom. The topological polar surface area (TPSA) is 80.6 Å². The number of hydrogen-bond donors (Lipinski definition) is 2. The second-order valence-corrected chi connectivity index (χ2v) is 4.42. The average molecular weight is 276 g/mol. The molecule has 1 aromatic heterocycles. The van der Waals surface area contributed by atoms with Crippen LogP contribution < -0.4 is 5.32 Å². The molecule has 0 bridgehead atoms. The van der Waals surface area contributed by atoms with Crippen molar-refractivity contribution in [3.8, 4) is 0 Å². The molecule has 0 saturated heterocycles. The second kappa shape index (κ2) is 5.75. The number of aliphatic hydroxyl groups excluding tert-OH is 1. The van der Waals surface area contributed by atoms with E-state index in [2.05, 4.69) is 10.1 Å². The first-order chi connectivity index (χ1) is 9.54. The fraction of sp³-hybridized carbons (Fsp3) is 0.286. The van der Waals surface area contributed by atoms with Crippen molar-refractivity contribution in [2.24, 2.45) is 7.05 Å². The number of aromatic nitrogens is 1. The number of methoxy groups -OCH3 is 1. The van der Waals surface area contributed by atoms with Crippen LogP contribution in [0.4, 0.5) is 0 Å². The quantitative estimate of drug-likeness (QED) is 0.794. The fourth-order valence-electron chi connectivity index (χ4n) is 2.03. The second-order valence-electron chi connectivity index (χ2n) is 4.42. The van der Waals surface area contributed by atoms with E-state index in [9.17, 15) is 14.7 Å². The lowest BCUT2D eigenvalue weighted by Crippen LogP contribution is -2.37. The van der Waals surface area contributed by atoms with Crippen molar-refractivity contribution in [3.05, 3.63) is 36.0 Å². The van der Waals surface area contributed by atoms with E-state index in [4.69, 9.17) is 0 Å². The third-order valence-electron chi connectivity index (χ3n) is 3.07. The summed E-state index contributed by atoms with van der Waals surface area (Å²) < 4.78 is 6.23. The van der Waals surface area contributed by atoms with Gasteiger partial charge in [-0.25, -0.2) is 4.79 Å². The number of hydrogen-bond acceptors (Lipinski definition) is 4. The van der Waals surface area contributed by atoms with Crippen LogP contribution in [0.25, 0.3) is 10.9 Å². The van der Waals surface area contributed by atoms with E-state index in [0.717, 1.165) is 10.9 Å². The van der Waals surface area contributed by atoms with Crippen molar-refractivity contribution >= 4 is 22.8 Å². The molecule has 106 valence electrons. The van der Waals surface area contributed by atoms with Gasteiger partial charge >= 0.3 is 5.97 Å². The van der Waals surface area contributed by atoms with Gasteiger partial charge in [0.25, 0.3) is 5.91 Å². The fourth-order valence-corrected chi connectivity index (χ4v) is 2.03. The summed E-state index contributed by atoms with van der Waals surface area (Å²) >= 11 is 0. The number of rotatable bonds is 4. The van der Waals surface area contributed by atoms with Crippen LogP contribution in [0.2, 0.25) is 0 Å². The van der Waals surface area contributed by atoms with Gasteiger partial charge in [0.05, 0.1) is 19.2 Å². The molecule has 0 spiro atoms. The summed E-state index contributed by atoms with van der Waals surface area (Å²) in [5, 5.41) is 12.8. The lowest BCUT2D eigenvalue weighted by molar-refractivity contribution is -0.149. The van der Waals surface area contributed by atoms with Crippen LogP contribution >= 0.6 is 0 Å². The number of para-hydroxylation sites is 1. The first-order valence-corrected chi connectivity index (χ1v) is 6.12. The predicted molar refractivity (Wildman–Crippen MR) is 73.3 cm³/mol. The number of fused-ring (bicyclic) bond motifs is 1. The summed E-state index contributed by atoms with van der Waals surface area (Å²) in [6, 6.07) is 7.50. The number of aliphatic hydroxyl groups is 1. The number of aryl methyl sites for hydroxylation is 1. The van der Waals surface area contributed by atoms with E-state index in [-0.39, 0.29) is 12.5 Å². The molecule has 0 saturated carbocycles. The number of esters is 1. The Bertz CT molecular complexity index is 648. The molecule has 2 aromatic rings. The van der Waals surface area contributed by atoms with Crippen molar-refractivity contribution in [3.63, 3.8) is 0 Å². The Labute approximate surface area is 116 Å².